The van der Waals surface area contributed by atoms with Crippen molar-refractivity contribution in [3.05, 3.63) is 96.9 Å². The van der Waals surface area contributed by atoms with Gasteiger partial charge in [-0.05, 0) is 0 Å². The third kappa shape index (κ3) is 3.10. The average molecular weight is 478 g/mol. The van der Waals surface area contributed by atoms with Crippen LogP contribution in [0.3, 0.4) is 0 Å². The first-order chi connectivity index (χ1) is 13.5. The van der Waals surface area contributed by atoms with E-state index in [9.17, 15) is 0 Å². The molecule has 150 valence electrons. The van der Waals surface area contributed by atoms with Crippen molar-refractivity contribution in [2.45, 2.75) is 47.5 Å². The molecule has 2 aliphatic carbocycles. The SMILES string of the molecule is CC1=C(C)C(C)[C]([Zr]([CH3])([CH3])(=[SiH2])[CH]2C=C(c3ccccc3)c3c(C)cccc32)=C1C. The normalized spacial score (nSPS) is 22.3. The Morgan fingerprint density at radius 3 is 2.07 bits per heavy atom. The number of allylic oxidation sites excluding steroid dienone is 5. The second-order valence-electron chi connectivity index (χ2n) is 10.3. The molecule has 0 aromatic heterocycles. The van der Waals surface area contributed by atoms with E-state index in [-0.39, 0.29) is 0 Å². The molecule has 0 N–H and O–H groups in total. The summed E-state index contributed by atoms with van der Waals surface area (Å²) in [5, 5.41) is 0. The number of hydrogen-bond acceptors (Lipinski definition) is 0. The summed E-state index contributed by atoms with van der Waals surface area (Å²) in [5.41, 5.74) is 12.0. The standard InChI is InChI=1S/C16H13.C9H13.2CH3.H2Si.Zr/c1-12-6-5-9-14-10-11-15(16(12)14)13-7-3-2-4-8-13;1-6-5-7(2)9(4)8(6)3;;;;/h2-11H,1H3;6H,1-4H3;2*1H3;1H2;. The summed E-state index contributed by atoms with van der Waals surface area (Å²) in [6.07, 6.45) is 2.65. The van der Waals surface area contributed by atoms with E-state index < -0.39 is 17.4 Å². The number of hydrogen-bond donors (Lipinski definition) is 0. The maximum atomic E-state index is 2.70. The monoisotopic (exact) mass is 476 g/mol. The molecule has 2 unspecified atom stereocenters. The van der Waals surface area contributed by atoms with Crippen LogP contribution in [0.4, 0.5) is 0 Å². The molecular weight excluding hydrogens is 444 g/mol. The maximum absolute atomic E-state index is 3.32. The van der Waals surface area contributed by atoms with E-state index in [0.29, 0.717) is 9.54 Å². The van der Waals surface area contributed by atoms with Gasteiger partial charge in [0, 0.05) is 0 Å². The molecule has 4 rings (SSSR count). The van der Waals surface area contributed by atoms with Crippen LogP contribution in [0, 0.1) is 12.8 Å². The Kier molecular flexibility index (Phi) is 4.99. The van der Waals surface area contributed by atoms with E-state index in [2.05, 4.69) is 105 Å². The summed E-state index contributed by atoms with van der Waals surface area (Å²) in [6, 6.07) is 18.0. The Labute approximate surface area is 179 Å². The van der Waals surface area contributed by atoms with Gasteiger partial charge in [-0.25, -0.2) is 0 Å². The second kappa shape index (κ2) is 6.89. The minimum atomic E-state index is -3.32. The van der Waals surface area contributed by atoms with Crippen LogP contribution in [0.15, 0.2) is 74.6 Å². The molecule has 0 nitrogen and oxygen atoms in total. The van der Waals surface area contributed by atoms with Gasteiger partial charge in [0.15, 0.2) is 0 Å². The fourth-order valence-electron chi connectivity index (χ4n) is 6.14. The van der Waals surface area contributed by atoms with Crippen LogP contribution in [0.2, 0.25) is 9.26 Å². The van der Waals surface area contributed by atoms with Crippen LogP contribution in [0.5, 0.6) is 0 Å². The summed E-state index contributed by atoms with van der Waals surface area (Å²) >= 11 is -3.32. The molecule has 0 fully saturated rings. The summed E-state index contributed by atoms with van der Waals surface area (Å²) in [4.78, 5) is 0. The molecule has 2 heteroatoms. The summed E-state index contributed by atoms with van der Waals surface area (Å²) < 4.78 is 7.78. The number of fused-ring (bicyclic) bond motifs is 1. The average Bonchev–Trinajstić information content (AvgIpc) is 3.17. The van der Waals surface area contributed by atoms with Crippen molar-refractivity contribution in [2.75, 3.05) is 0 Å². The van der Waals surface area contributed by atoms with Crippen molar-refractivity contribution in [3.63, 3.8) is 0 Å². The molecule has 0 amide bonds. The molecule has 0 spiro atoms. The van der Waals surface area contributed by atoms with Gasteiger partial charge in [0.1, 0.15) is 0 Å². The van der Waals surface area contributed by atoms with Gasteiger partial charge < -0.3 is 0 Å². The summed E-state index contributed by atoms with van der Waals surface area (Å²) in [5.74, 6) is 0.593. The van der Waals surface area contributed by atoms with E-state index in [1.54, 1.807) is 16.7 Å². The van der Waals surface area contributed by atoms with Crippen molar-refractivity contribution in [1.29, 1.82) is 0 Å². The molecule has 0 saturated heterocycles. The third-order valence-corrected chi connectivity index (χ3v) is 25.1. The van der Waals surface area contributed by atoms with E-state index in [1.165, 1.54) is 27.8 Å². The fourth-order valence-corrected chi connectivity index (χ4v) is 24.6. The first-order valence-corrected chi connectivity index (χ1v) is 24.3. The van der Waals surface area contributed by atoms with E-state index in [1.807, 2.05) is 3.28 Å². The Morgan fingerprint density at radius 1 is 0.828 bits per heavy atom. The molecule has 0 saturated carbocycles. The first kappa shape index (κ1) is 21.0. The van der Waals surface area contributed by atoms with Crippen LogP contribution in [0.25, 0.3) is 5.57 Å². The zero-order valence-corrected chi connectivity index (χ0v) is 22.9. The van der Waals surface area contributed by atoms with Crippen LogP contribution in [0.1, 0.15) is 53.6 Å². The zero-order valence-electron chi connectivity index (χ0n) is 19.1. The topological polar surface area (TPSA) is 0 Å². The van der Waals surface area contributed by atoms with Crippen LogP contribution < -0.4 is 0 Å². The molecule has 0 heterocycles. The number of aryl methyl sites for hydroxylation is 1. The Bertz CT molecular complexity index is 1170. The van der Waals surface area contributed by atoms with Gasteiger partial charge in [-0.15, -0.1) is 0 Å². The first-order valence-electron chi connectivity index (χ1n) is 10.9. The third-order valence-electron chi connectivity index (χ3n) is 7.85. The van der Waals surface area contributed by atoms with E-state index in [0.717, 1.165) is 0 Å². The quantitative estimate of drug-likeness (QED) is 0.414. The predicted octanol–water partition coefficient (Wildman–Crippen LogP) is 7.08. The van der Waals surface area contributed by atoms with Crippen molar-refractivity contribution < 1.29 is 17.4 Å². The molecule has 0 radical (unpaired) electrons. The van der Waals surface area contributed by atoms with E-state index >= 15 is 0 Å². The van der Waals surface area contributed by atoms with Crippen molar-refractivity contribution in [3.8, 4) is 0 Å². The van der Waals surface area contributed by atoms with Crippen LogP contribution >= 0.6 is 0 Å². The molecule has 2 aromatic rings. The van der Waals surface area contributed by atoms with Crippen LogP contribution in [-0.4, -0.2) is 6.88 Å². The summed E-state index contributed by atoms with van der Waals surface area (Å²) in [7, 11) is 0. The zero-order chi connectivity index (χ0) is 21.2. The fraction of sp³-hybridized carbons (Fsp3) is 0.333. The molecule has 2 aliphatic rings. The second-order valence-corrected chi connectivity index (χ2v) is 39.9. The van der Waals surface area contributed by atoms with Crippen molar-refractivity contribution in [2.24, 2.45) is 5.92 Å². The predicted molar refractivity (Wildman–Crippen MR) is 128 cm³/mol. The van der Waals surface area contributed by atoms with Gasteiger partial charge in [0.05, 0.1) is 0 Å². The van der Waals surface area contributed by atoms with E-state index in [4.69, 9.17) is 0 Å². The van der Waals surface area contributed by atoms with Crippen LogP contribution in [-0.2, 0) is 17.4 Å². The Morgan fingerprint density at radius 2 is 1.48 bits per heavy atom. The van der Waals surface area contributed by atoms with Gasteiger partial charge in [0.2, 0.25) is 0 Å². The molecule has 0 aliphatic heterocycles. The Hall–Kier alpha value is -1.24. The van der Waals surface area contributed by atoms with Gasteiger partial charge in [0.25, 0.3) is 0 Å². The van der Waals surface area contributed by atoms with Gasteiger partial charge in [-0.1, -0.05) is 0 Å². The molecule has 0 bridgehead atoms. The minimum absolute atomic E-state index is 0.561. The van der Waals surface area contributed by atoms with Gasteiger partial charge in [-0.2, -0.15) is 0 Å². The van der Waals surface area contributed by atoms with Gasteiger partial charge in [-0.3, -0.25) is 0 Å². The molecule has 2 atom stereocenters. The van der Waals surface area contributed by atoms with Crippen molar-refractivity contribution in [1.82, 2.24) is 0 Å². The molecule has 2 aromatic carbocycles. The van der Waals surface area contributed by atoms with Crippen molar-refractivity contribution >= 4 is 12.5 Å². The molecule has 29 heavy (non-hydrogen) atoms. The number of benzene rings is 2. The Balaban J connectivity index is 1.98. The molecular formula is C27H34SiZr. The van der Waals surface area contributed by atoms with Gasteiger partial charge >= 0.3 is 180 Å². The number of rotatable bonds is 3. The summed E-state index contributed by atoms with van der Waals surface area (Å²) in [6.45, 7) is 14.2.